The van der Waals surface area contributed by atoms with E-state index in [1.165, 1.54) is 16.9 Å². The van der Waals surface area contributed by atoms with E-state index in [-0.39, 0.29) is 5.91 Å². The van der Waals surface area contributed by atoms with Crippen LogP contribution < -0.4 is 0 Å². The van der Waals surface area contributed by atoms with E-state index in [0.29, 0.717) is 6.54 Å². The molecule has 5 heteroatoms. The summed E-state index contributed by atoms with van der Waals surface area (Å²) < 4.78 is 0. The summed E-state index contributed by atoms with van der Waals surface area (Å²) in [6, 6.07) is 2.10. The Balaban J connectivity index is 1.74. The fourth-order valence-electron chi connectivity index (χ4n) is 2.71. The summed E-state index contributed by atoms with van der Waals surface area (Å²) in [5, 5.41) is 6.68. The number of nitrogens with zero attached hydrogens (tertiary/aromatic N) is 2. The number of aromatic nitrogens is 2. The molecule has 0 bridgehead atoms. The lowest BCUT2D eigenvalue weighted by atomic mass is 9.90. The number of thiophene rings is 1. The molecule has 0 aromatic carbocycles. The molecule has 0 aliphatic heterocycles. The zero-order chi connectivity index (χ0) is 14.1. The smallest absolute Gasteiger partial charge is 0.263 e. The van der Waals surface area contributed by atoms with E-state index >= 15 is 0 Å². The largest absolute Gasteiger partial charge is 0.337 e. The summed E-state index contributed by atoms with van der Waals surface area (Å²) in [7, 11) is 1.84. The molecule has 1 amide bonds. The molecule has 1 aliphatic carbocycles. The second-order valence-electron chi connectivity index (χ2n) is 5.67. The summed E-state index contributed by atoms with van der Waals surface area (Å²) in [5.41, 5.74) is 2.41. The maximum Gasteiger partial charge on any atom is 0.263 e. The SMILES string of the molecule is CC1CCc2sc(C(=O)N(C)Cc3cn[nH]c3)cc2C1. The van der Waals surface area contributed by atoms with Gasteiger partial charge in [0.1, 0.15) is 0 Å². The van der Waals surface area contributed by atoms with Crippen molar-refractivity contribution >= 4 is 17.2 Å². The van der Waals surface area contributed by atoms with Crippen molar-refractivity contribution in [2.24, 2.45) is 5.92 Å². The Morgan fingerprint density at radius 2 is 2.45 bits per heavy atom. The van der Waals surface area contributed by atoms with E-state index in [1.54, 1.807) is 22.4 Å². The molecule has 0 radical (unpaired) electrons. The van der Waals surface area contributed by atoms with Gasteiger partial charge in [0, 0.05) is 30.2 Å². The first kappa shape index (κ1) is 13.4. The van der Waals surface area contributed by atoms with Crippen LogP contribution in [0.5, 0.6) is 0 Å². The van der Waals surface area contributed by atoms with Crippen LogP contribution in [0.2, 0.25) is 0 Å². The zero-order valence-electron chi connectivity index (χ0n) is 11.8. The van der Waals surface area contributed by atoms with Crippen LogP contribution in [-0.4, -0.2) is 28.1 Å². The number of aryl methyl sites for hydroxylation is 1. The van der Waals surface area contributed by atoms with Gasteiger partial charge in [-0.2, -0.15) is 5.10 Å². The van der Waals surface area contributed by atoms with Crippen molar-refractivity contribution in [1.29, 1.82) is 0 Å². The second-order valence-corrected chi connectivity index (χ2v) is 6.81. The van der Waals surface area contributed by atoms with Crippen molar-refractivity contribution in [3.8, 4) is 0 Å². The van der Waals surface area contributed by atoms with Crippen LogP contribution in [0.4, 0.5) is 0 Å². The minimum Gasteiger partial charge on any atom is -0.337 e. The normalized spacial score (nSPS) is 17.8. The van der Waals surface area contributed by atoms with E-state index in [2.05, 4.69) is 23.2 Å². The second kappa shape index (κ2) is 5.40. The molecule has 2 heterocycles. The molecule has 0 fully saturated rings. The summed E-state index contributed by atoms with van der Waals surface area (Å²) in [6.45, 7) is 2.88. The highest BCUT2D eigenvalue weighted by Crippen LogP contribution is 2.32. The van der Waals surface area contributed by atoms with E-state index in [9.17, 15) is 4.79 Å². The number of fused-ring (bicyclic) bond motifs is 1. The number of rotatable bonds is 3. The van der Waals surface area contributed by atoms with E-state index in [0.717, 1.165) is 29.2 Å². The van der Waals surface area contributed by atoms with Crippen LogP contribution in [0.25, 0.3) is 0 Å². The summed E-state index contributed by atoms with van der Waals surface area (Å²) in [4.78, 5) is 16.5. The van der Waals surface area contributed by atoms with Gasteiger partial charge in [-0.25, -0.2) is 0 Å². The van der Waals surface area contributed by atoms with Gasteiger partial charge in [0.15, 0.2) is 0 Å². The third-order valence-electron chi connectivity index (χ3n) is 3.86. The van der Waals surface area contributed by atoms with Crippen molar-refractivity contribution < 1.29 is 4.79 Å². The molecule has 20 heavy (non-hydrogen) atoms. The van der Waals surface area contributed by atoms with Crippen LogP contribution in [0, 0.1) is 5.92 Å². The average Bonchev–Trinajstić information content (AvgIpc) is 3.06. The predicted molar refractivity (Wildman–Crippen MR) is 79.9 cm³/mol. The number of amides is 1. The van der Waals surface area contributed by atoms with Crippen molar-refractivity contribution in [1.82, 2.24) is 15.1 Å². The number of hydrogen-bond acceptors (Lipinski definition) is 3. The average molecular weight is 289 g/mol. The lowest BCUT2D eigenvalue weighted by Crippen LogP contribution is -2.25. The summed E-state index contributed by atoms with van der Waals surface area (Å²) in [6.07, 6.45) is 7.06. The first-order valence-electron chi connectivity index (χ1n) is 6.98. The molecule has 1 N–H and O–H groups in total. The Hall–Kier alpha value is -1.62. The van der Waals surface area contributed by atoms with Gasteiger partial charge in [-0.15, -0.1) is 11.3 Å². The number of carbonyl (C=O) groups excluding carboxylic acids is 1. The van der Waals surface area contributed by atoms with Crippen LogP contribution in [0.1, 0.15) is 39.0 Å². The molecule has 0 spiro atoms. The maximum absolute atomic E-state index is 12.5. The standard InChI is InChI=1S/C15H19N3OS/c1-10-3-4-13-12(5-10)6-14(20-13)15(19)18(2)9-11-7-16-17-8-11/h6-8,10H,3-5,9H2,1-2H3,(H,16,17). The fourth-order valence-corrected chi connectivity index (χ4v) is 3.91. The predicted octanol–water partition coefficient (Wildman–Crippen LogP) is 2.87. The topological polar surface area (TPSA) is 49.0 Å². The number of aromatic amines is 1. The van der Waals surface area contributed by atoms with Crippen LogP contribution in [0.15, 0.2) is 18.5 Å². The third kappa shape index (κ3) is 2.63. The number of H-pyrrole nitrogens is 1. The number of carbonyl (C=O) groups is 1. The van der Waals surface area contributed by atoms with Gasteiger partial charge >= 0.3 is 0 Å². The van der Waals surface area contributed by atoms with Gasteiger partial charge in [0.25, 0.3) is 5.91 Å². The van der Waals surface area contributed by atoms with Crippen molar-refractivity contribution in [3.63, 3.8) is 0 Å². The molecule has 1 aliphatic rings. The lowest BCUT2D eigenvalue weighted by molar-refractivity contribution is 0.0790. The first-order chi connectivity index (χ1) is 9.63. The molecule has 1 atom stereocenters. The van der Waals surface area contributed by atoms with E-state index < -0.39 is 0 Å². The highest BCUT2D eigenvalue weighted by atomic mass is 32.1. The van der Waals surface area contributed by atoms with Gasteiger partial charge in [-0.3, -0.25) is 9.89 Å². The quantitative estimate of drug-likeness (QED) is 0.944. The van der Waals surface area contributed by atoms with Crippen LogP contribution >= 0.6 is 11.3 Å². The molecule has 3 rings (SSSR count). The first-order valence-corrected chi connectivity index (χ1v) is 7.80. The minimum absolute atomic E-state index is 0.109. The van der Waals surface area contributed by atoms with Gasteiger partial charge in [-0.1, -0.05) is 6.92 Å². The number of nitrogens with one attached hydrogen (secondary N) is 1. The van der Waals surface area contributed by atoms with Gasteiger partial charge in [0.05, 0.1) is 11.1 Å². The molecule has 0 saturated carbocycles. The van der Waals surface area contributed by atoms with Crippen molar-refractivity contribution in [2.75, 3.05) is 7.05 Å². The van der Waals surface area contributed by atoms with Gasteiger partial charge < -0.3 is 4.90 Å². The van der Waals surface area contributed by atoms with Crippen LogP contribution in [0.3, 0.4) is 0 Å². The highest BCUT2D eigenvalue weighted by molar-refractivity contribution is 7.14. The van der Waals surface area contributed by atoms with Gasteiger partial charge in [0.2, 0.25) is 0 Å². The highest BCUT2D eigenvalue weighted by Gasteiger charge is 2.22. The Morgan fingerprint density at radius 1 is 1.60 bits per heavy atom. The summed E-state index contributed by atoms with van der Waals surface area (Å²) in [5.74, 6) is 0.849. The van der Waals surface area contributed by atoms with Gasteiger partial charge in [-0.05, 0) is 36.8 Å². The zero-order valence-corrected chi connectivity index (χ0v) is 12.7. The number of hydrogen-bond donors (Lipinski definition) is 1. The Bertz CT molecular complexity index is 603. The monoisotopic (exact) mass is 289 g/mol. The minimum atomic E-state index is 0.109. The third-order valence-corrected chi connectivity index (χ3v) is 5.09. The van der Waals surface area contributed by atoms with Crippen molar-refractivity contribution in [3.05, 3.63) is 39.3 Å². The molecule has 2 aromatic rings. The maximum atomic E-state index is 12.5. The Kier molecular flexibility index (Phi) is 3.61. The van der Waals surface area contributed by atoms with E-state index in [4.69, 9.17) is 0 Å². The Labute approximate surface area is 122 Å². The Morgan fingerprint density at radius 3 is 3.20 bits per heavy atom. The molecule has 2 aromatic heterocycles. The molecule has 4 nitrogen and oxygen atoms in total. The molecule has 0 saturated heterocycles. The lowest BCUT2D eigenvalue weighted by Gasteiger charge is -2.16. The molecular weight excluding hydrogens is 270 g/mol. The summed E-state index contributed by atoms with van der Waals surface area (Å²) >= 11 is 1.67. The fraction of sp³-hybridized carbons (Fsp3) is 0.467. The van der Waals surface area contributed by atoms with E-state index in [1.807, 2.05) is 13.2 Å². The van der Waals surface area contributed by atoms with Crippen LogP contribution in [-0.2, 0) is 19.4 Å². The molecule has 1 unspecified atom stereocenters. The molecular formula is C15H19N3OS. The molecule has 106 valence electrons. The van der Waals surface area contributed by atoms with Crippen molar-refractivity contribution in [2.45, 2.75) is 32.7 Å².